The number of carboxylic acid groups (broad SMARTS) is 1. The third-order valence-electron chi connectivity index (χ3n) is 3.37. The molecule has 1 aromatic carbocycles. The van der Waals surface area contributed by atoms with Gasteiger partial charge in [0.15, 0.2) is 0 Å². The summed E-state index contributed by atoms with van der Waals surface area (Å²) in [7, 11) is 0. The summed E-state index contributed by atoms with van der Waals surface area (Å²) in [6, 6.07) is 6.93. The summed E-state index contributed by atoms with van der Waals surface area (Å²) in [5.74, 6) is -1.28. The molecule has 96 valence electrons. The molecule has 0 radical (unpaired) electrons. The van der Waals surface area contributed by atoms with Crippen LogP contribution in [0.3, 0.4) is 0 Å². The number of rotatable bonds is 3. The Morgan fingerprint density at radius 2 is 1.83 bits per heavy atom. The molecule has 18 heavy (non-hydrogen) atoms. The van der Waals surface area contributed by atoms with Gasteiger partial charge in [-0.25, -0.2) is 4.79 Å². The highest BCUT2D eigenvalue weighted by Crippen LogP contribution is 2.26. The van der Waals surface area contributed by atoms with Crippen molar-refractivity contribution in [3.8, 4) is 0 Å². The Kier molecular flexibility index (Phi) is 3.50. The maximum absolute atomic E-state index is 11.1. The van der Waals surface area contributed by atoms with E-state index in [-0.39, 0.29) is 11.8 Å². The lowest BCUT2D eigenvalue weighted by Crippen LogP contribution is -2.39. The Morgan fingerprint density at radius 3 is 2.39 bits per heavy atom. The van der Waals surface area contributed by atoms with E-state index in [2.05, 4.69) is 0 Å². The van der Waals surface area contributed by atoms with Crippen LogP contribution in [0, 0.1) is 5.92 Å². The van der Waals surface area contributed by atoms with E-state index >= 15 is 0 Å². The van der Waals surface area contributed by atoms with E-state index in [1.54, 1.807) is 18.2 Å². The lowest BCUT2D eigenvalue weighted by atomic mass is 9.95. The van der Waals surface area contributed by atoms with Gasteiger partial charge in [-0.05, 0) is 25.0 Å². The fourth-order valence-electron chi connectivity index (χ4n) is 2.34. The van der Waals surface area contributed by atoms with Crippen molar-refractivity contribution in [2.24, 2.45) is 11.7 Å². The van der Waals surface area contributed by atoms with E-state index in [9.17, 15) is 9.59 Å². The van der Waals surface area contributed by atoms with Crippen molar-refractivity contribution >= 4 is 17.6 Å². The molecular formula is C13H16N2O3. The van der Waals surface area contributed by atoms with Gasteiger partial charge in [0.2, 0.25) is 5.91 Å². The number of primary amides is 1. The Labute approximate surface area is 105 Å². The fourth-order valence-corrected chi connectivity index (χ4v) is 2.34. The molecule has 0 bridgehead atoms. The quantitative estimate of drug-likeness (QED) is 0.838. The Hall–Kier alpha value is -2.04. The lowest BCUT2D eigenvalue weighted by molar-refractivity contribution is -0.122. The molecule has 1 saturated heterocycles. The van der Waals surface area contributed by atoms with Crippen LogP contribution in [0.15, 0.2) is 24.3 Å². The number of hydrogen-bond acceptors (Lipinski definition) is 3. The number of anilines is 1. The summed E-state index contributed by atoms with van der Waals surface area (Å²) >= 11 is 0. The maximum Gasteiger partial charge on any atom is 0.337 e. The molecule has 3 N–H and O–H groups in total. The van der Waals surface area contributed by atoms with Gasteiger partial charge in [-0.1, -0.05) is 12.1 Å². The van der Waals surface area contributed by atoms with Gasteiger partial charge < -0.3 is 15.7 Å². The normalized spacial score (nSPS) is 16.6. The first-order valence-corrected chi connectivity index (χ1v) is 5.96. The largest absolute Gasteiger partial charge is 0.478 e. The van der Waals surface area contributed by atoms with Crippen molar-refractivity contribution in [2.45, 2.75) is 12.8 Å². The van der Waals surface area contributed by atoms with Crippen molar-refractivity contribution in [3.63, 3.8) is 0 Å². The standard InChI is InChI=1S/C13H16N2O3/c14-12(16)9-5-7-15(8-6-9)11-4-2-1-3-10(11)13(17)18/h1-4,9H,5-8H2,(H2,14,16)(H,17,18). The maximum atomic E-state index is 11.1. The first-order valence-electron chi connectivity index (χ1n) is 5.96. The molecule has 1 aliphatic rings. The third kappa shape index (κ3) is 2.45. The van der Waals surface area contributed by atoms with Crippen molar-refractivity contribution in [1.82, 2.24) is 0 Å². The van der Waals surface area contributed by atoms with Crippen LogP contribution in [-0.4, -0.2) is 30.1 Å². The van der Waals surface area contributed by atoms with Crippen molar-refractivity contribution < 1.29 is 14.7 Å². The molecule has 1 heterocycles. The monoisotopic (exact) mass is 248 g/mol. The SMILES string of the molecule is NC(=O)C1CCN(c2ccccc2C(=O)O)CC1. The van der Waals surface area contributed by atoms with Gasteiger partial charge in [0, 0.05) is 19.0 Å². The van der Waals surface area contributed by atoms with Crippen molar-refractivity contribution in [3.05, 3.63) is 29.8 Å². The third-order valence-corrected chi connectivity index (χ3v) is 3.37. The Bertz CT molecular complexity index is 465. The number of carbonyl (C=O) groups is 2. The van der Waals surface area contributed by atoms with Gasteiger partial charge in [0.1, 0.15) is 0 Å². The molecular weight excluding hydrogens is 232 g/mol. The second kappa shape index (κ2) is 5.08. The first-order chi connectivity index (χ1) is 8.59. The molecule has 2 rings (SSSR count). The van der Waals surface area contributed by atoms with Gasteiger partial charge >= 0.3 is 5.97 Å². The molecule has 1 amide bonds. The first kappa shape index (κ1) is 12.4. The zero-order valence-electron chi connectivity index (χ0n) is 10.0. The van der Waals surface area contributed by atoms with Crippen LogP contribution in [0.2, 0.25) is 0 Å². The van der Waals surface area contributed by atoms with Crippen molar-refractivity contribution in [1.29, 1.82) is 0 Å². The van der Waals surface area contributed by atoms with Crippen LogP contribution in [0.4, 0.5) is 5.69 Å². The number of piperidine rings is 1. The zero-order valence-corrected chi connectivity index (χ0v) is 10.0. The van der Waals surface area contributed by atoms with Crippen LogP contribution in [-0.2, 0) is 4.79 Å². The van der Waals surface area contributed by atoms with Gasteiger partial charge in [-0.3, -0.25) is 4.79 Å². The Balaban J connectivity index is 2.15. The van der Waals surface area contributed by atoms with Crippen LogP contribution >= 0.6 is 0 Å². The van der Waals surface area contributed by atoms with Gasteiger partial charge in [0.25, 0.3) is 0 Å². The van der Waals surface area contributed by atoms with E-state index in [1.165, 1.54) is 0 Å². The summed E-state index contributed by atoms with van der Waals surface area (Å²) in [5, 5.41) is 9.14. The smallest absolute Gasteiger partial charge is 0.337 e. The van der Waals surface area contributed by atoms with Crippen LogP contribution < -0.4 is 10.6 Å². The van der Waals surface area contributed by atoms with E-state index in [1.807, 2.05) is 11.0 Å². The number of amides is 1. The number of carbonyl (C=O) groups excluding carboxylic acids is 1. The highest BCUT2D eigenvalue weighted by atomic mass is 16.4. The minimum atomic E-state index is -0.928. The number of carboxylic acids is 1. The van der Waals surface area contributed by atoms with E-state index in [0.717, 1.165) is 0 Å². The molecule has 0 aliphatic carbocycles. The molecule has 1 fully saturated rings. The summed E-state index contributed by atoms with van der Waals surface area (Å²) < 4.78 is 0. The van der Waals surface area contributed by atoms with E-state index < -0.39 is 5.97 Å². The van der Waals surface area contributed by atoms with Crippen molar-refractivity contribution in [2.75, 3.05) is 18.0 Å². The highest BCUT2D eigenvalue weighted by Gasteiger charge is 2.25. The van der Waals surface area contributed by atoms with Gasteiger partial charge in [-0.2, -0.15) is 0 Å². The molecule has 0 spiro atoms. The molecule has 1 aromatic rings. The highest BCUT2D eigenvalue weighted by molar-refractivity contribution is 5.94. The van der Waals surface area contributed by atoms with Gasteiger partial charge in [0.05, 0.1) is 11.3 Å². The minimum absolute atomic E-state index is 0.0850. The molecule has 1 aliphatic heterocycles. The number of aromatic carboxylic acids is 1. The predicted octanol–water partition coefficient (Wildman–Crippen LogP) is 1.09. The predicted molar refractivity (Wildman–Crippen MR) is 67.5 cm³/mol. The summed E-state index contributed by atoms with van der Waals surface area (Å²) in [5.41, 5.74) is 6.29. The second-order valence-electron chi connectivity index (χ2n) is 4.49. The number of para-hydroxylation sites is 1. The number of hydrogen-bond donors (Lipinski definition) is 2. The van der Waals surface area contributed by atoms with Gasteiger partial charge in [-0.15, -0.1) is 0 Å². The molecule has 5 heteroatoms. The number of benzene rings is 1. The van der Waals surface area contributed by atoms with E-state index in [4.69, 9.17) is 10.8 Å². The summed E-state index contributed by atoms with van der Waals surface area (Å²) in [4.78, 5) is 24.2. The molecule has 0 aromatic heterocycles. The Morgan fingerprint density at radius 1 is 1.22 bits per heavy atom. The summed E-state index contributed by atoms with van der Waals surface area (Å²) in [6.45, 7) is 1.33. The molecule has 0 atom stereocenters. The molecule has 0 saturated carbocycles. The molecule has 5 nitrogen and oxygen atoms in total. The number of nitrogens with two attached hydrogens (primary N) is 1. The minimum Gasteiger partial charge on any atom is -0.478 e. The van der Waals surface area contributed by atoms with E-state index in [0.29, 0.717) is 37.2 Å². The summed E-state index contributed by atoms with van der Waals surface area (Å²) in [6.07, 6.45) is 1.37. The van der Waals surface area contributed by atoms with Crippen LogP contribution in [0.25, 0.3) is 0 Å². The second-order valence-corrected chi connectivity index (χ2v) is 4.49. The lowest BCUT2D eigenvalue weighted by Gasteiger charge is -2.33. The molecule has 0 unspecified atom stereocenters. The average molecular weight is 248 g/mol. The van der Waals surface area contributed by atoms with Crippen LogP contribution in [0.5, 0.6) is 0 Å². The average Bonchev–Trinajstić information content (AvgIpc) is 2.39. The number of nitrogens with zero attached hydrogens (tertiary/aromatic N) is 1. The zero-order chi connectivity index (χ0) is 13.1. The van der Waals surface area contributed by atoms with Crippen LogP contribution in [0.1, 0.15) is 23.2 Å². The fraction of sp³-hybridized carbons (Fsp3) is 0.385. The topological polar surface area (TPSA) is 83.6 Å².